The SMILES string of the molecule is Nc1ccc(C(=O)NC(c2cc3ccccc3o2)c2ccccc2O)c(N)n1. The number of phenols is 1. The lowest BCUT2D eigenvalue weighted by molar-refractivity contribution is 0.0939. The van der Waals surface area contributed by atoms with Crippen molar-refractivity contribution in [2.45, 2.75) is 6.04 Å². The van der Waals surface area contributed by atoms with E-state index >= 15 is 0 Å². The van der Waals surface area contributed by atoms with Gasteiger partial charge in [0.05, 0.1) is 5.56 Å². The van der Waals surface area contributed by atoms with E-state index in [2.05, 4.69) is 10.3 Å². The van der Waals surface area contributed by atoms with Crippen LogP contribution in [-0.2, 0) is 0 Å². The largest absolute Gasteiger partial charge is 0.508 e. The van der Waals surface area contributed by atoms with Gasteiger partial charge in [0.15, 0.2) is 0 Å². The first-order chi connectivity index (χ1) is 13.5. The molecule has 0 fully saturated rings. The van der Waals surface area contributed by atoms with Crippen LogP contribution in [0.25, 0.3) is 11.0 Å². The Morgan fingerprint density at radius 1 is 1.04 bits per heavy atom. The first-order valence-electron chi connectivity index (χ1n) is 8.62. The van der Waals surface area contributed by atoms with Crippen LogP contribution in [0.5, 0.6) is 5.75 Å². The van der Waals surface area contributed by atoms with Crippen LogP contribution in [0.1, 0.15) is 27.7 Å². The topological polar surface area (TPSA) is 127 Å². The van der Waals surface area contributed by atoms with Gasteiger partial charge in [-0.15, -0.1) is 0 Å². The summed E-state index contributed by atoms with van der Waals surface area (Å²) in [6.45, 7) is 0. The van der Waals surface area contributed by atoms with Crippen molar-refractivity contribution in [2.75, 3.05) is 11.5 Å². The number of anilines is 2. The molecule has 0 bridgehead atoms. The fourth-order valence-corrected chi connectivity index (χ4v) is 3.07. The third-order valence-corrected chi connectivity index (χ3v) is 4.44. The zero-order chi connectivity index (χ0) is 19.7. The minimum atomic E-state index is -0.724. The number of carbonyl (C=O) groups is 1. The van der Waals surface area contributed by atoms with E-state index in [1.807, 2.05) is 30.3 Å². The van der Waals surface area contributed by atoms with Crippen molar-refractivity contribution in [1.29, 1.82) is 0 Å². The molecular weight excluding hydrogens is 356 g/mol. The average Bonchev–Trinajstić information content (AvgIpc) is 3.10. The molecule has 0 spiro atoms. The van der Waals surface area contributed by atoms with Crippen LogP contribution in [0.2, 0.25) is 0 Å². The van der Waals surface area contributed by atoms with E-state index in [1.54, 1.807) is 24.3 Å². The summed E-state index contributed by atoms with van der Waals surface area (Å²) < 4.78 is 5.93. The zero-order valence-corrected chi connectivity index (χ0v) is 14.8. The fraction of sp³-hybridized carbons (Fsp3) is 0.0476. The van der Waals surface area contributed by atoms with Gasteiger partial charge in [-0.2, -0.15) is 0 Å². The number of nitrogens with one attached hydrogen (secondary N) is 1. The Hall–Kier alpha value is -4.00. The lowest BCUT2D eigenvalue weighted by Gasteiger charge is -2.18. The van der Waals surface area contributed by atoms with Crippen molar-refractivity contribution in [3.05, 3.63) is 83.6 Å². The molecule has 0 aliphatic carbocycles. The van der Waals surface area contributed by atoms with Gasteiger partial charge in [-0.05, 0) is 30.3 Å². The molecule has 140 valence electrons. The summed E-state index contributed by atoms with van der Waals surface area (Å²) in [4.78, 5) is 16.8. The van der Waals surface area contributed by atoms with E-state index in [9.17, 15) is 9.90 Å². The highest BCUT2D eigenvalue weighted by atomic mass is 16.3. The number of hydrogen-bond donors (Lipinski definition) is 4. The lowest BCUT2D eigenvalue weighted by atomic mass is 10.0. The molecule has 0 radical (unpaired) electrons. The van der Waals surface area contributed by atoms with E-state index in [0.29, 0.717) is 16.9 Å². The Bertz CT molecular complexity index is 1140. The van der Waals surface area contributed by atoms with Crippen molar-refractivity contribution < 1.29 is 14.3 Å². The van der Waals surface area contributed by atoms with Crippen molar-refractivity contribution in [3.63, 3.8) is 0 Å². The van der Waals surface area contributed by atoms with E-state index in [-0.39, 0.29) is 22.9 Å². The lowest BCUT2D eigenvalue weighted by Crippen LogP contribution is -2.30. The van der Waals surface area contributed by atoms with Crippen LogP contribution in [0.4, 0.5) is 11.6 Å². The second-order valence-electron chi connectivity index (χ2n) is 6.32. The van der Waals surface area contributed by atoms with Crippen LogP contribution >= 0.6 is 0 Å². The number of phenolic OH excluding ortho intramolecular Hbond substituents is 1. The Balaban J connectivity index is 1.77. The minimum absolute atomic E-state index is 0.0261. The molecule has 1 atom stereocenters. The molecule has 1 unspecified atom stereocenters. The van der Waals surface area contributed by atoms with Gasteiger partial charge in [0.2, 0.25) is 0 Å². The molecule has 7 heteroatoms. The molecule has 2 aromatic carbocycles. The number of aromatic hydroxyl groups is 1. The number of nitrogen functional groups attached to an aromatic ring is 2. The molecule has 1 amide bonds. The fourth-order valence-electron chi connectivity index (χ4n) is 3.07. The Morgan fingerprint density at radius 2 is 1.79 bits per heavy atom. The number of amides is 1. The summed E-state index contributed by atoms with van der Waals surface area (Å²) >= 11 is 0. The molecule has 28 heavy (non-hydrogen) atoms. The number of carbonyl (C=O) groups excluding carboxylic acids is 1. The Kier molecular flexibility index (Phi) is 4.33. The summed E-state index contributed by atoms with van der Waals surface area (Å²) in [6.07, 6.45) is 0. The van der Waals surface area contributed by atoms with Gasteiger partial charge in [0.1, 0.15) is 34.8 Å². The quantitative estimate of drug-likeness (QED) is 0.434. The van der Waals surface area contributed by atoms with Crippen LogP contribution < -0.4 is 16.8 Å². The Labute approximate surface area is 160 Å². The van der Waals surface area contributed by atoms with Gasteiger partial charge in [0.25, 0.3) is 5.91 Å². The van der Waals surface area contributed by atoms with Gasteiger partial charge in [0, 0.05) is 10.9 Å². The maximum absolute atomic E-state index is 12.9. The highest BCUT2D eigenvalue weighted by Gasteiger charge is 2.25. The third kappa shape index (κ3) is 3.21. The Morgan fingerprint density at radius 3 is 2.54 bits per heavy atom. The molecule has 6 N–H and O–H groups in total. The van der Waals surface area contributed by atoms with Crippen LogP contribution in [0.15, 0.2) is 71.1 Å². The van der Waals surface area contributed by atoms with Crippen LogP contribution in [0, 0.1) is 0 Å². The summed E-state index contributed by atoms with van der Waals surface area (Å²) in [7, 11) is 0. The number of furan rings is 1. The molecule has 2 heterocycles. The molecule has 0 saturated carbocycles. The highest BCUT2D eigenvalue weighted by Crippen LogP contribution is 2.33. The smallest absolute Gasteiger partial charge is 0.255 e. The van der Waals surface area contributed by atoms with Crippen molar-refractivity contribution in [2.24, 2.45) is 0 Å². The number of rotatable bonds is 4. The van der Waals surface area contributed by atoms with Crippen molar-refractivity contribution in [3.8, 4) is 5.75 Å². The maximum atomic E-state index is 12.9. The predicted molar refractivity (Wildman–Crippen MR) is 107 cm³/mol. The summed E-state index contributed by atoms with van der Waals surface area (Å²) in [5.41, 5.74) is 12.8. The average molecular weight is 374 g/mol. The molecular formula is C21H18N4O3. The number of aromatic nitrogens is 1. The number of benzene rings is 2. The van der Waals surface area contributed by atoms with E-state index in [1.165, 1.54) is 12.1 Å². The second kappa shape index (κ2) is 6.96. The van der Waals surface area contributed by atoms with E-state index < -0.39 is 11.9 Å². The number of para-hydroxylation sites is 2. The van der Waals surface area contributed by atoms with Gasteiger partial charge < -0.3 is 26.3 Å². The first-order valence-corrected chi connectivity index (χ1v) is 8.62. The summed E-state index contributed by atoms with van der Waals surface area (Å²) in [5.74, 6) is 0.315. The molecule has 4 aromatic rings. The van der Waals surface area contributed by atoms with Crippen molar-refractivity contribution in [1.82, 2.24) is 10.3 Å². The number of nitrogens with zero attached hydrogens (tertiary/aromatic N) is 1. The third-order valence-electron chi connectivity index (χ3n) is 4.44. The predicted octanol–water partition coefficient (Wildman–Crippen LogP) is 3.22. The number of nitrogens with two attached hydrogens (primary N) is 2. The molecule has 0 aliphatic heterocycles. The maximum Gasteiger partial charge on any atom is 0.255 e. The van der Waals surface area contributed by atoms with Crippen LogP contribution in [-0.4, -0.2) is 16.0 Å². The molecule has 2 aromatic heterocycles. The highest BCUT2D eigenvalue weighted by molar-refractivity contribution is 5.99. The van der Waals surface area contributed by atoms with Gasteiger partial charge >= 0.3 is 0 Å². The zero-order valence-electron chi connectivity index (χ0n) is 14.8. The van der Waals surface area contributed by atoms with E-state index in [0.717, 1.165) is 5.39 Å². The summed E-state index contributed by atoms with van der Waals surface area (Å²) in [5, 5.41) is 14.1. The standard InChI is InChI=1S/C21H18N4O3/c22-18-10-9-14(20(23)24-18)21(27)25-19(13-6-2-3-7-15(13)26)17-11-12-5-1-4-8-16(12)28-17/h1-11,19,26H,(H,25,27)(H4,22,23,24). The monoisotopic (exact) mass is 374 g/mol. The van der Waals surface area contributed by atoms with Crippen LogP contribution in [0.3, 0.4) is 0 Å². The number of fused-ring (bicyclic) bond motifs is 1. The van der Waals surface area contributed by atoms with Gasteiger partial charge in [-0.3, -0.25) is 4.79 Å². The molecule has 0 saturated heterocycles. The molecule has 0 aliphatic rings. The molecule has 7 nitrogen and oxygen atoms in total. The number of pyridine rings is 1. The van der Waals surface area contributed by atoms with Gasteiger partial charge in [-0.1, -0.05) is 36.4 Å². The number of hydrogen-bond acceptors (Lipinski definition) is 6. The first kappa shape index (κ1) is 17.4. The second-order valence-corrected chi connectivity index (χ2v) is 6.32. The normalized spacial score (nSPS) is 12.0. The summed E-state index contributed by atoms with van der Waals surface area (Å²) in [6, 6.07) is 18.4. The molecule has 4 rings (SSSR count). The van der Waals surface area contributed by atoms with Crippen molar-refractivity contribution >= 4 is 28.5 Å². The van der Waals surface area contributed by atoms with E-state index in [4.69, 9.17) is 15.9 Å². The van der Waals surface area contributed by atoms with Gasteiger partial charge in [-0.25, -0.2) is 4.98 Å². The minimum Gasteiger partial charge on any atom is -0.508 e.